The Kier molecular flexibility index (Phi) is 4.94. The van der Waals surface area contributed by atoms with E-state index in [2.05, 4.69) is 5.32 Å². The molecule has 0 atom stereocenters. The average molecular weight is 325 g/mol. The van der Waals surface area contributed by atoms with Crippen molar-refractivity contribution in [3.05, 3.63) is 57.6 Å². The van der Waals surface area contributed by atoms with Crippen LogP contribution in [-0.4, -0.2) is 13.0 Å². The van der Waals surface area contributed by atoms with E-state index in [0.29, 0.717) is 21.5 Å². The number of benzene rings is 2. The number of hydrogen-bond acceptors (Lipinski definition) is 3. The Bertz CT molecular complexity index is 654. The number of nitrogen functional groups attached to an aromatic ring is 1. The Morgan fingerprint density at radius 3 is 2.52 bits per heavy atom. The summed E-state index contributed by atoms with van der Waals surface area (Å²) in [5.74, 6) is 0.296. The van der Waals surface area contributed by atoms with Crippen molar-refractivity contribution in [3.63, 3.8) is 0 Å². The number of hydrogen-bond donors (Lipinski definition) is 2. The molecule has 0 aliphatic carbocycles. The van der Waals surface area contributed by atoms with Crippen LogP contribution in [0.2, 0.25) is 10.0 Å². The van der Waals surface area contributed by atoms with Gasteiger partial charge in [-0.15, -0.1) is 0 Å². The predicted molar refractivity (Wildman–Crippen MR) is 85.0 cm³/mol. The Morgan fingerprint density at radius 2 is 1.90 bits per heavy atom. The molecule has 0 aliphatic heterocycles. The van der Waals surface area contributed by atoms with E-state index in [4.69, 9.17) is 33.7 Å². The van der Waals surface area contributed by atoms with Gasteiger partial charge in [-0.05, 0) is 30.3 Å². The van der Waals surface area contributed by atoms with E-state index < -0.39 is 0 Å². The molecule has 0 saturated heterocycles. The van der Waals surface area contributed by atoms with Gasteiger partial charge >= 0.3 is 0 Å². The van der Waals surface area contributed by atoms with Crippen LogP contribution in [0.25, 0.3) is 0 Å². The molecule has 2 aromatic carbocycles. The van der Waals surface area contributed by atoms with Gasteiger partial charge in [-0.25, -0.2) is 0 Å². The lowest BCUT2D eigenvalue weighted by Gasteiger charge is -2.12. The van der Waals surface area contributed by atoms with Crippen LogP contribution in [0.15, 0.2) is 36.4 Å². The second kappa shape index (κ2) is 6.70. The van der Waals surface area contributed by atoms with Crippen molar-refractivity contribution < 1.29 is 9.53 Å². The summed E-state index contributed by atoms with van der Waals surface area (Å²) >= 11 is 12.0. The van der Waals surface area contributed by atoms with Gasteiger partial charge in [0.1, 0.15) is 5.75 Å². The highest BCUT2D eigenvalue weighted by molar-refractivity contribution is 6.39. The Hall–Kier alpha value is -1.91. The van der Waals surface area contributed by atoms with Gasteiger partial charge in [0.05, 0.1) is 22.7 Å². The minimum Gasteiger partial charge on any atom is -0.496 e. The average Bonchev–Trinajstić information content (AvgIpc) is 2.45. The highest BCUT2D eigenvalue weighted by Crippen LogP contribution is 2.25. The first-order valence-electron chi connectivity index (χ1n) is 6.17. The third-order valence-electron chi connectivity index (χ3n) is 2.93. The summed E-state index contributed by atoms with van der Waals surface area (Å²) in [5.41, 5.74) is 7.36. The fourth-order valence-electron chi connectivity index (χ4n) is 1.92. The quantitative estimate of drug-likeness (QED) is 0.846. The second-order valence-electron chi connectivity index (χ2n) is 4.35. The molecule has 0 heterocycles. The van der Waals surface area contributed by atoms with Crippen LogP contribution >= 0.6 is 23.2 Å². The number of nitrogens with one attached hydrogen (secondary N) is 1. The summed E-state index contributed by atoms with van der Waals surface area (Å²) in [6.45, 7) is 0.259. The molecule has 4 nitrogen and oxygen atoms in total. The zero-order chi connectivity index (χ0) is 15.4. The number of nitrogens with two attached hydrogens (primary N) is 1. The Labute approximate surface area is 132 Å². The molecule has 0 fully saturated rings. The van der Waals surface area contributed by atoms with Crippen molar-refractivity contribution in [1.29, 1.82) is 0 Å². The molecular formula is C15H14Cl2N2O2. The lowest BCUT2D eigenvalue weighted by atomic mass is 10.1. The topological polar surface area (TPSA) is 64.3 Å². The summed E-state index contributed by atoms with van der Waals surface area (Å²) < 4.78 is 5.23. The van der Waals surface area contributed by atoms with E-state index in [0.717, 1.165) is 5.56 Å². The van der Waals surface area contributed by atoms with Crippen LogP contribution in [0.5, 0.6) is 5.75 Å². The first kappa shape index (κ1) is 15.5. The first-order chi connectivity index (χ1) is 10.0. The van der Waals surface area contributed by atoms with Crippen LogP contribution in [0.4, 0.5) is 5.69 Å². The maximum atomic E-state index is 12.2. The minimum absolute atomic E-state index is 0.253. The van der Waals surface area contributed by atoms with Gasteiger partial charge in [0, 0.05) is 17.8 Å². The van der Waals surface area contributed by atoms with Crippen molar-refractivity contribution in [2.24, 2.45) is 0 Å². The second-order valence-corrected chi connectivity index (χ2v) is 5.17. The molecule has 0 aromatic heterocycles. The van der Waals surface area contributed by atoms with E-state index in [9.17, 15) is 4.79 Å². The molecule has 110 valence electrons. The summed E-state index contributed by atoms with van der Waals surface area (Å²) in [6.07, 6.45) is 0. The fourth-order valence-corrected chi connectivity index (χ4v) is 2.48. The number of ether oxygens (including phenoxy) is 1. The van der Waals surface area contributed by atoms with E-state index in [1.165, 1.54) is 0 Å². The largest absolute Gasteiger partial charge is 0.496 e. The van der Waals surface area contributed by atoms with Crippen LogP contribution < -0.4 is 15.8 Å². The Morgan fingerprint density at radius 1 is 1.24 bits per heavy atom. The number of anilines is 1. The number of carbonyl (C=O) groups is 1. The van der Waals surface area contributed by atoms with Crippen LogP contribution in [0.1, 0.15) is 15.9 Å². The van der Waals surface area contributed by atoms with Gasteiger partial charge in [-0.1, -0.05) is 29.3 Å². The number of amides is 1. The van der Waals surface area contributed by atoms with Crippen LogP contribution in [0, 0.1) is 0 Å². The van der Waals surface area contributed by atoms with Crippen molar-refractivity contribution in [3.8, 4) is 5.75 Å². The standard InChI is InChI=1S/C15H14Cl2N2O2/c1-21-13-6-5-10(18)7-9(13)8-19-15(20)14-11(16)3-2-4-12(14)17/h2-7H,8,18H2,1H3,(H,19,20). The monoisotopic (exact) mass is 324 g/mol. The van der Waals surface area contributed by atoms with E-state index in [1.54, 1.807) is 43.5 Å². The number of carbonyl (C=O) groups excluding carboxylic acids is 1. The summed E-state index contributed by atoms with van der Waals surface area (Å²) in [7, 11) is 1.56. The lowest BCUT2D eigenvalue weighted by molar-refractivity contribution is 0.0951. The molecule has 3 N–H and O–H groups in total. The van der Waals surface area contributed by atoms with E-state index >= 15 is 0 Å². The zero-order valence-electron chi connectivity index (χ0n) is 11.3. The van der Waals surface area contributed by atoms with E-state index in [-0.39, 0.29) is 18.0 Å². The van der Waals surface area contributed by atoms with E-state index in [1.807, 2.05) is 0 Å². The SMILES string of the molecule is COc1ccc(N)cc1CNC(=O)c1c(Cl)cccc1Cl. The highest BCUT2D eigenvalue weighted by atomic mass is 35.5. The van der Waals surface area contributed by atoms with Crippen LogP contribution in [-0.2, 0) is 6.54 Å². The molecule has 2 rings (SSSR count). The van der Waals surface area contributed by atoms with Crippen LogP contribution in [0.3, 0.4) is 0 Å². The van der Waals surface area contributed by atoms with Crippen molar-refractivity contribution in [2.75, 3.05) is 12.8 Å². The maximum absolute atomic E-state index is 12.2. The maximum Gasteiger partial charge on any atom is 0.254 e. The smallest absolute Gasteiger partial charge is 0.254 e. The molecule has 0 unspecified atom stereocenters. The third kappa shape index (κ3) is 3.60. The minimum atomic E-state index is -0.352. The van der Waals surface area contributed by atoms with Gasteiger partial charge < -0.3 is 15.8 Å². The van der Waals surface area contributed by atoms with Crippen molar-refractivity contribution in [1.82, 2.24) is 5.32 Å². The third-order valence-corrected chi connectivity index (χ3v) is 3.56. The highest BCUT2D eigenvalue weighted by Gasteiger charge is 2.14. The number of methoxy groups -OCH3 is 1. The lowest BCUT2D eigenvalue weighted by Crippen LogP contribution is -2.23. The molecule has 0 radical (unpaired) electrons. The zero-order valence-corrected chi connectivity index (χ0v) is 12.8. The molecule has 6 heteroatoms. The number of halogens is 2. The first-order valence-corrected chi connectivity index (χ1v) is 6.93. The van der Waals surface area contributed by atoms with Gasteiger partial charge in [-0.3, -0.25) is 4.79 Å². The summed E-state index contributed by atoms with van der Waals surface area (Å²) in [4.78, 5) is 12.2. The molecule has 0 spiro atoms. The van der Waals surface area contributed by atoms with Gasteiger partial charge in [0.25, 0.3) is 5.91 Å². The molecule has 2 aromatic rings. The van der Waals surface area contributed by atoms with Gasteiger partial charge in [0.15, 0.2) is 0 Å². The van der Waals surface area contributed by atoms with Gasteiger partial charge in [-0.2, -0.15) is 0 Å². The molecule has 1 amide bonds. The Balaban J connectivity index is 2.17. The summed E-state index contributed by atoms with van der Waals surface area (Å²) in [5, 5.41) is 3.37. The summed E-state index contributed by atoms with van der Waals surface area (Å²) in [6, 6.07) is 10.1. The molecular weight excluding hydrogens is 311 g/mol. The fraction of sp³-hybridized carbons (Fsp3) is 0.133. The van der Waals surface area contributed by atoms with Gasteiger partial charge in [0.2, 0.25) is 0 Å². The molecule has 0 aliphatic rings. The molecule has 0 bridgehead atoms. The molecule has 21 heavy (non-hydrogen) atoms. The van der Waals surface area contributed by atoms with Crippen molar-refractivity contribution in [2.45, 2.75) is 6.54 Å². The normalized spacial score (nSPS) is 10.2. The number of rotatable bonds is 4. The molecule has 0 saturated carbocycles. The van der Waals surface area contributed by atoms with Crippen molar-refractivity contribution >= 4 is 34.8 Å². The predicted octanol–water partition coefficient (Wildman–Crippen LogP) is 3.51.